The molecule has 1 amide bonds. The molecule has 4 heteroatoms. The van der Waals surface area contributed by atoms with Crippen LogP contribution in [0.4, 0.5) is 5.69 Å². The summed E-state index contributed by atoms with van der Waals surface area (Å²) in [6.07, 6.45) is 0.586. The lowest BCUT2D eigenvalue weighted by atomic mass is 10.1. The number of piperazine rings is 1. The molecular weight excluding hydrogens is 252 g/mol. The first kappa shape index (κ1) is 14.7. The topological polar surface area (TPSA) is 32.8 Å². The number of ether oxygens (including phenoxy) is 1. The van der Waals surface area contributed by atoms with Gasteiger partial charge in [-0.2, -0.15) is 0 Å². The Hall–Kier alpha value is -1.71. The molecule has 0 bridgehead atoms. The minimum Gasteiger partial charge on any atom is -0.496 e. The van der Waals surface area contributed by atoms with Crippen molar-refractivity contribution in [2.45, 2.75) is 33.2 Å². The van der Waals surface area contributed by atoms with Crippen molar-refractivity contribution in [3.8, 4) is 5.75 Å². The molecule has 0 N–H and O–H groups in total. The Kier molecular flexibility index (Phi) is 4.53. The Morgan fingerprint density at radius 1 is 1.40 bits per heavy atom. The largest absolute Gasteiger partial charge is 0.496 e. The summed E-state index contributed by atoms with van der Waals surface area (Å²) in [6.45, 7) is 8.63. The molecule has 1 aromatic rings. The van der Waals surface area contributed by atoms with E-state index in [1.165, 1.54) is 5.69 Å². The minimum absolute atomic E-state index is 0.249. The van der Waals surface area contributed by atoms with Gasteiger partial charge in [0.15, 0.2) is 0 Å². The lowest BCUT2D eigenvalue weighted by molar-refractivity contribution is -0.133. The number of rotatable bonds is 3. The Balaban J connectivity index is 2.11. The lowest BCUT2D eigenvalue weighted by Crippen LogP contribution is -2.54. The van der Waals surface area contributed by atoms with Gasteiger partial charge in [0, 0.05) is 43.9 Å². The molecule has 1 atom stereocenters. The van der Waals surface area contributed by atoms with Gasteiger partial charge in [-0.25, -0.2) is 0 Å². The zero-order chi connectivity index (χ0) is 14.7. The quantitative estimate of drug-likeness (QED) is 0.850. The first-order valence-electron chi connectivity index (χ1n) is 7.25. The van der Waals surface area contributed by atoms with Crippen LogP contribution in [-0.2, 0) is 4.79 Å². The predicted molar refractivity (Wildman–Crippen MR) is 81.4 cm³/mol. The lowest BCUT2D eigenvalue weighted by Gasteiger charge is -2.41. The normalized spacial score (nSPS) is 19.1. The van der Waals surface area contributed by atoms with Crippen LogP contribution in [0.5, 0.6) is 5.75 Å². The van der Waals surface area contributed by atoms with Gasteiger partial charge < -0.3 is 14.5 Å². The number of anilines is 1. The number of amides is 1. The number of methoxy groups -OCH3 is 1. The smallest absolute Gasteiger partial charge is 0.222 e. The highest BCUT2D eigenvalue weighted by Gasteiger charge is 2.26. The van der Waals surface area contributed by atoms with Crippen molar-refractivity contribution in [1.82, 2.24) is 4.90 Å². The van der Waals surface area contributed by atoms with Crippen LogP contribution in [0.1, 0.15) is 25.8 Å². The predicted octanol–water partition coefficient (Wildman–Crippen LogP) is 2.45. The van der Waals surface area contributed by atoms with Crippen molar-refractivity contribution in [2.75, 3.05) is 31.6 Å². The molecular formula is C16H24N2O2. The van der Waals surface area contributed by atoms with Crippen LogP contribution in [-0.4, -0.2) is 43.6 Å². The SMILES string of the molecule is CCC(=O)N1CCN(c2ccc(C)c(OC)c2)C[C@@H]1C. The summed E-state index contributed by atoms with van der Waals surface area (Å²) in [7, 11) is 1.70. The van der Waals surface area contributed by atoms with Crippen molar-refractivity contribution < 1.29 is 9.53 Å². The molecule has 0 radical (unpaired) electrons. The van der Waals surface area contributed by atoms with Crippen molar-refractivity contribution >= 4 is 11.6 Å². The highest BCUT2D eigenvalue weighted by atomic mass is 16.5. The summed E-state index contributed by atoms with van der Waals surface area (Å²) in [5.74, 6) is 1.17. The van der Waals surface area contributed by atoms with E-state index in [0.29, 0.717) is 6.42 Å². The molecule has 1 fully saturated rings. The monoisotopic (exact) mass is 276 g/mol. The first-order chi connectivity index (χ1) is 9.56. The molecule has 20 heavy (non-hydrogen) atoms. The van der Waals surface area contributed by atoms with E-state index in [4.69, 9.17) is 4.74 Å². The van der Waals surface area contributed by atoms with Gasteiger partial charge in [-0.05, 0) is 25.5 Å². The van der Waals surface area contributed by atoms with Crippen molar-refractivity contribution in [2.24, 2.45) is 0 Å². The van der Waals surface area contributed by atoms with Crippen LogP contribution >= 0.6 is 0 Å². The number of hydrogen-bond acceptors (Lipinski definition) is 3. The molecule has 1 saturated heterocycles. The average molecular weight is 276 g/mol. The van der Waals surface area contributed by atoms with Crippen LogP contribution in [0.2, 0.25) is 0 Å². The number of carbonyl (C=O) groups excluding carboxylic acids is 1. The molecule has 1 aliphatic rings. The minimum atomic E-state index is 0.249. The zero-order valence-corrected chi connectivity index (χ0v) is 12.8. The third-order valence-electron chi connectivity index (χ3n) is 4.01. The number of aryl methyl sites for hydroxylation is 1. The maximum absolute atomic E-state index is 11.9. The van der Waals surface area contributed by atoms with Gasteiger partial charge in [-0.1, -0.05) is 13.0 Å². The molecule has 110 valence electrons. The Morgan fingerprint density at radius 2 is 2.15 bits per heavy atom. The molecule has 1 aromatic carbocycles. The third-order valence-corrected chi connectivity index (χ3v) is 4.01. The summed E-state index contributed by atoms with van der Waals surface area (Å²) in [6, 6.07) is 6.55. The summed E-state index contributed by atoms with van der Waals surface area (Å²) in [5, 5.41) is 0. The van der Waals surface area contributed by atoms with Gasteiger partial charge in [-0.3, -0.25) is 4.79 Å². The van der Waals surface area contributed by atoms with Crippen LogP contribution in [0.15, 0.2) is 18.2 Å². The van der Waals surface area contributed by atoms with Crippen LogP contribution < -0.4 is 9.64 Å². The van der Waals surface area contributed by atoms with Crippen LogP contribution in [0, 0.1) is 6.92 Å². The molecule has 0 saturated carbocycles. The average Bonchev–Trinajstić information content (AvgIpc) is 2.47. The van der Waals surface area contributed by atoms with Gasteiger partial charge in [0.2, 0.25) is 5.91 Å². The second kappa shape index (κ2) is 6.16. The van der Waals surface area contributed by atoms with E-state index in [1.807, 2.05) is 18.7 Å². The van der Waals surface area contributed by atoms with Gasteiger partial charge in [-0.15, -0.1) is 0 Å². The van der Waals surface area contributed by atoms with Crippen LogP contribution in [0.25, 0.3) is 0 Å². The summed E-state index contributed by atoms with van der Waals surface area (Å²) >= 11 is 0. The Labute approximate surface area is 121 Å². The molecule has 0 spiro atoms. The zero-order valence-electron chi connectivity index (χ0n) is 12.8. The van der Waals surface area contributed by atoms with E-state index >= 15 is 0 Å². The van der Waals surface area contributed by atoms with Gasteiger partial charge in [0.05, 0.1) is 7.11 Å². The number of carbonyl (C=O) groups is 1. The molecule has 1 aliphatic heterocycles. The molecule has 0 aromatic heterocycles. The van der Waals surface area contributed by atoms with E-state index in [0.717, 1.165) is 30.9 Å². The first-order valence-corrected chi connectivity index (χ1v) is 7.25. The number of benzene rings is 1. The van der Waals surface area contributed by atoms with Gasteiger partial charge in [0.25, 0.3) is 0 Å². The summed E-state index contributed by atoms with van der Waals surface area (Å²) in [4.78, 5) is 16.2. The number of nitrogens with zero attached hydrogens (tertiary/aromatic N) is 2. The molecule has 0 aliphatic carbocycles. The van der Waals surface area contributed by atoms with E-state index in [9.17, 15) is 4.79 Å². The molecule has 0 unspecified atom stereocenters. The fraction of sp³-hybridized carbons (Fsp3) is 0.562. The second-order valence-electron chi connectivity index (χ2n) is 5.39. The summed E-state index contributed by atoms with van der Waals surface area (Å²) < 4.78 is 5.39. The molecule has 2 rings (SSSR count). The standard InChI is InChI=1S/C16H24N2O2/c1-5-16(19)18-9-8-17(11-13(18)3)14-7-6-12(2)15(10-14)20-4/h6-7,10,13H,5,8-9,11H2,1-4H3/t13-/m0/s1. The van der Waals surface area contributed by atoms with E-state index < -0.39 is 0 Å². The van der Waals surface area contributed by atoms with E-state index in [1.54, 1.807) is 7.11 Å². The highest BCUT2D eigenvalue weighted by Crippen LogP contribution is 2.26. The third kappa shape index (κ3) is 2.89. The highest BCUT2D eigenvalue weighted by molar-refractivity contribution is 5.76. The molecule has 1 heterocycles. The van der Waals surface area contributed by atoms with E-state index in [2.05, 4.69) is 30.0 Å². The maximum atomic E-state index is 11.9. The van der Waals surface area contributed by atoms with Crippen molar-refractivity contribution in [1.29, 1.82) is 0 Å². The van der Waals surface area contributed by atoms with Crippen LogP contribution in [0.3, 0.4) is 0 Å². The van der Waals surface area contributed by atoms with Gasteiger partial charge in [0.1, 0.15) is 5.75 Å². The fourth-order valence-electron chi connectivity index (χ4n) is 2.77. The maximum Gasteiger partial charge on any atom is 0.222 e. The summed E-state index contributed by atoms with van der Waals surface area (Å²) in [5.41, 5.74) is 2.31. The van der Waals surface area contributed by atoms with E-state index in [-0.39, 0.29) is 11.9 Å². The van der Waals surface area contributed by atoms with Gasteiger partial charge >= 0.3 is 0 Å². The Bertz CT molecular complexity index is 487. The number of hydrogen-bond donors (Lipinski definition) is 0. The van der Waals surface area contributed by atoms with Crippen molar-refractivity contribution in [3.05, 3.63) is 23.8 Å². The molecule has 4 nitrogen and oxygen atoms in total. The van der Waals surface area contributed by atoms with Crippen molar-refractivity contribution in [3.63, 3.8) is 0 Å². The fourth-order valence-corrected chi connectivity index (χ4v) is 2.77. The Morgan fingerprint density at radius 3 is 2.75 bits per heavy atom. The second-order valence-corrected chi connectivity index (χ2v) is 5.39.